The van der Waals surface area contributed by atoms with Crippen LogP contribution in [0.15, 0.2) is 18.2 Å². The molecule has 1 aromatic rings. The van der Waals surface area contributed by atoms with Crippen LogP contribution >= 0.6 is 0 Å². The lowest BCUT2D eigenvalue weighted by atomic mass is 10.1. The number of nitro benzene ring substituents is 1. The first-order valence-electron chi connectivity index (χ1n) is 4.30. The van der Waals surface area contributed by atoms with Gasteiger partial charge < -0.3 is 10.8 Å². The van der Waals surface area contributed by atoms with Crippen molar-refractivity contribution in [2.45, 2.75) is 18.6 Å². The molecule has 0 saturated carbocycles. The molecule has 0 saturated heterocycles. The van der Waals surface area contributed by atoms with E-state index in [9.17, 15) is 15.2 Å². The monoisotopic (exact) mass is 194 g/mol. The maximum Gasteiger partial charge on any atom is 0.269 e. The van der Waals surface area contributed by atoms with E-state index in [1.54, 1.807) is 6.07 Å². The number of non-ortho nitro benzene ring substituents is 1. The lowest BCUT2D eigenvalue weighted by Gasteiger charge is -2.07. The molecule has 2 rings (SSSR count). The van der Waals surface area contributed by atoms with Crippen molar-refractivity contribution in [1.29, 1.82) is 0 Å². The second-order valence-corrected chi connectivity index (χ2v) is 3.44. The summed E-state index contributed by atoms with van der Waals surface area (Å²) in [6.07, 6.45) is -0.138. The van der Waals surface area contributed by atoms with Crippen LogP contribution in [0, 0.1) is 10.1 Å². The summed E-state index contributed by atoms with van der Waals surface area (Å²) in [6.45, 7) is 0. The molecule has 2 atom stereocenters. The number of nitro groups is 1. The van der Waals surface area contributed by atoms with Gasteiger partial charge in [0.2, 0.25) is 0 Å². The van der Waals surface area contributed by atoms with Gasteiger partial charge in [-0.3, -0.25) is 10.1 Å². The van der Waals surface area contributed by atoms with Gasteiger partial charge in [0.25, 0.3) is 5.69 Å². The zero-order valence-corrected chi connectivity index (χ0v) is 7.38. The lowest BCUT2D eigenvalue weighted by molar-refractivity contribution is -0.384. The van der Waals surface area contributed by atoms with Crippen molar-refractivity contribution < 1.29 is 10.0 Å². The molecule has 74 valence electrons. The Morgan fingerprint density at radius 1 is 1.57 bits per heavy atom. The van der Waals surface area contributed by atoms with Crippen LogP contribution < -0.4 is 5.73 Å². The maximum atomic E-state index is 10.5. The normalized spacial score (nSPS) is 24.7. The van der Waals surface area contributed by atoms with Gasteiger partial charge in [-0.1, -0.05) is 6.07 Å². The van der Waals surface area contributed by atoms with Crippen molar-refractivity contribution in [3.05, 3.63) is 39.4 Å². The predicted molar refractivity (Wildman–Crippen MR) is 49.7 cm³/mol. The molecule has 0 aliphatic heterocycles. The minimum absolute atomic E-state index is 0.0216. The Bertz CT molecular complexity index is 392. The molecular weight excluding hydrogens is 184 g/mol. The molecule has 5 nitrogen and oxygen atoms in total. The average Bonchev–Trinajstić information content (AvgIpc) is 2.43. The topological polar surface area (TPSA) is 89.4 Å². The van der Waals surface area contributed by atoms with Crippen molar-refractivity contribution in [3.8, 4) is 0 Å². The zero-order valence-electron chi connectivity index (χ0n) is 7.38. The van der Waals surface area contributed by atoms with E-state index in [2.05, 4.69) is 0 Å². The molecular formula is C9H10N2O3. The van der Waals surface area contributed by atoms with Crippen LogP contribution in [0.2, 0.25) is 0 Å². The number of nitrogens with two attached hydrogens (primary N) is 1. The Kier molecular flexibility index (Phi) is 1.98. The quantitative estimate of drug-likeness (QED) is 0.503. The third-order valence-corrected chi connectivity index (χ3v) is 2.54. The standard InChI is InChI=1S/C9H10N2O3/c10-9-7-4-6(11(13)14)2-1-5(7)3-8(9)12/h1-2,4,8-9,12H,3,10H2/t8?,9-/m1/s1. The van der Waals surface area contributed by atoms with Crippen LogP contribution in [0.3, 0.4) is 0 Å². The number of fused-ring (bicyclic) bond motifs is 1. The molecule has 0 spiro atoms. The number of aliphatic hydroxyl groups excluding tert-OH is 1. The number of nitrogens with zero attached hydrogens (tertiary/aromatic N) is 1. The molecule has 1 aliphatic carbocycles. The molecule has 1 unspecified atom stereocenters. The highest BCUT2D eigenvalue weighted by atomic mass is 16.6. The Morgan fingerprint density at radius 2 is 2.29 bits per heavy atom. The Morgan fingerprint density at radius 3 is 2.93 bits per heavy atom. The molecule has 1 aromatic carbocycles. The smallest absolute Gasteiger partial charge is 0.269 e. The molecule has 5 heteroatoms. The molecule has 0 fully saturated rings. The van der Waals surface area contributed by atoms with Gasteiger partial charge in [0.15, 0.2) is 0 Å². The third-order valence-electron chi connectivity index (χ3n) is 2.54. The summed E-state index contributed by atoms with van der Waals surface area (Å²) >= 11 is 0. The number of rotatable bonds is 1. The zero-order chi connectivity index (χ0) is 10.3. The second kappa shape index (κ2) is 3.04. The van der Waals surface area contributed by atoms with Gasteiger partial charge in [0.1, 0.15) is 0 Å². The van der Waals surface area contributed by atoms with Gasteiger partial charge in [-0.2, -0.15) is 0 Å². The van der Waals surface area contributed by atoms with E-state index in [0.717, 1.165) is 5.56 Å². The molecule has 0 amide bonds. The van der Waals surface area contributed by atoms with Gasteiger partial charge >= 0.3 is 0 Å². The Labute approximate surface area is 80.3 Å². The largest absolute Gasteiger partial charge is 0.391 e. The van der Waals surface area contributed by atoms with E-state index in [1.165, 1.54) is 12.1 Å². The van der Waals surface area contributed by atoms with Crippen LogP contribution in [0.4, 0.5) is 5.69 Å². The SMILES string of the molecule is N[C@@H]1c2cc([N+](=O)[O-])ccc2CC1O. The van der Waals surface area contributed by atoms with Gasteiger partial charge in [0, 0.05) is 18.6 Å². The Balaban J connectivity index is 2.46. The van der Waals surface area contributed by atoms with Crippen molar-refractivity contribution >= 4 is 5.69 Å². The molecule has 0 bridgehead atoms. The summed E-state index contributed by atoms with van der Waals surface area (Å²) in [5.41, 5.74) is 7.29. The molecule has 14 heavy (non-hydrogen) atoms. The minimum Gasteiger partial charge on any atom is -0.391 e. The van der Waals surface area contributed by atoms with Crippen molar-refractivity contribution in [1.82, 2.24) is 0 Å². The molecule has 0 radical (unpaired) electrons. The predicted octanol–water partition coefficient (Wildman–Crippen LogP) is 0.512. The summed E-state index contributed by atoms with van der Waals surface area (Å²) in [5, 5.41) is 19.9. The fourth-order valence-electron chi connectivity index (χ4n) is 1.75. The Hall–Kier alpha value is -1.46. The van der Waals surface area contributed by atoms with E-state index in [0.29, 0.717) is 12.0 Å². The van der Waals surface area contributed by atoms with Crippen molar-refractivity contribution in [3.63, 3.8) is 0 Å². The first kappa shape index (κ1) is 9.11. The highest BCUT2D eigenvalue weighted by molar-refractivity contribution is 5.44. The van der Waals surface area contributed by atoms with Gasteiger partial charge in [-0.25, -0.2) is 0 Å². The summed E-state index contributed by atoms with van der Waals surface area (Å²) in [5.74, 6) is 0. The molecule has 3 N–H and O–H groups in total. The van der Waals surface area contributed by atoms with E-state index in [4.69, 9.17) is 5.73 Å². The number of hydrogen-bond donors (Lipinski definition) is 2. The fourth-order valence-corrected chi connectivity index (χ4v) is 1.75. The summed E-state index contributed by atoms with van der Waals surface area (Å²) in [4.78, 5) is 10.0. The molecule has 0 heterocycles. The fraction of sp³-hybridized carbons (Fsp3) is 0.333. The summed E-state index contributed by atoms with van der Waals surface area (Å²) < 4.78 is 0. The first-order chi connectivity index (χ1) is 6.59. The van der Waals surface area contributed by atoms with E-state index < -0.39 is 17.1 Å². The van der Waals surface area contributed by atoms with E-state index in [1.807, 2.05) is 0 Å². The molecule has 1 aliphatic rings. The van der Waals surface area contributed by atoms with E-state index in [-0.39, 0.29) is 5.69 Å². The van der Waals surface area contributed by atoms with Crippen molar-refractivity contribution in [2.75, 3.05) is 0 Å². The van der Waals surface area contributed by atoms with Crippen LogP contribution in [0.5, 0.6) is 0 Å². The summed E-state index contributed by atoms with van der Waals surface area (Å²) in [7, 11) is 0. The number of hydrogen-bond acceptors (Lipinski definition) is 4. The van der Waals surface area contributed by atoms with Gasteiger partial charge in [-0.15, -0.1) is 0 Å². The minimum atomic E-state index is -0.619. The highest BCUT2D eigenvalue weighted by Gasteiger charge is 2.29. The highest BCUT2D eigenvalue weighted by Crippen LogP contribution is 2.32. The average molecular weight is 194 g/mol. The van der Waals surface area contributed by atoms with E-state index >= 15 is 0 Å². The van der Waals surface area contributed by atoms with Crippen LogP contribution in [0.25, 0.3) is 0 Å². The lowest BCUT2D eigenvalue weighted by Crippen LogP contribution is -2.21. The third kappa shape index (κ3) is 1.26. The first-order valence-corrected chi connectivity index (χ1v) is 4.30. The maximum absolute atomic E-state index is 10.5. The van der Waals surface area contributed by atoms with Crippen LogP contribution in [-0.4, -0.2) is 16.1 Å². The molecule has 0 aromatic heterocycles. The van der Waals surface area contributed by atoms with Crippen LogP contribution in [0.1, 0.15) is 17.2 Å². The second-order valence-electron chi connectivity index (χ2n) is 3.44. The van der Waals surface area contributed by atoms with Crippen LogP contribution in [-0.2, 0) is 6.42 Å². The van der Waals surface area contributed by atoms with Gasteiger partial charge in [0.05, 0.1) is 17.1 Å². The van der Waals surface area contributed by atoms with Crippen molar-refractivity contribution in [2.24, 2.45) is 5.73 Å². The number of aliphatic hydroxyl groups is 1. The summed E-state index contributed by atoms with van der Waals surface area (Å²) in [6, 6.07) is 4.04. The van der Waals surface area contributed by atoms with Gasteiger partial charge in [-0.05, 0) is 11.1 Å². The number of benzene rings is 1.